The maximum atomic E-state index is 12.1. The Morgan fingerprint density at radius 2 is 2.33 bits per heavy atom. The highest BCUT2D eigenvalue weighted by Gasteiger charge is 2.30. The summed E-state index contributed by atoms with van der Waals surface area (Å²) in [7, 11) is -3.35. The second-order valence-corrected chi connectivity index (χ2v) is 7.19. The molecule has 0 saturated carbocycles. The van der Waals surface area contributed by atoms with Gasteiger partial charge >= 0.3 is 0 Å². The summed E-state index contributed by atoms with van der Waals surface area (Å²) >= 11 is 1.14. The largest absolute Gasteiger partial charge is 0.382 e. The van der Waals surface area contributed by atoms with Crippen LogP contribution in [-0.2, 0) is 14.6 Å². The van der Waals surface area contributed by atoms with Gasteiger partial charge < -0.3 is 15.4 Å². The van der Waals surface area contributed by atoms with E-state index in [9.17, 15) is 8.42 Å². The van der Waals surface area contributed by atoms with Crippen molar-refractivity contribution in [1.82, 2.24) is 4.37 Å². The molecule has 8 heteroatoms. The number of rotatable bonds is 3. The molecular weight excluding hydrogens is 274 g/mol. The van der Waals surface area contributed by atoms with Gasteiger partial charge in [-0.1, -0.05) is 6.92 Å². The van der Waals surface area contributed by atoms with E-state index in [0.29, 0.717) is 24.8 Å². The number of anilines is 2. The zero-order valence-electron chi connectivity index (χ0n) is 10.4. The van der Waals surface area contributed by atoms with E-state index in [4.69, 9.17) is 10.5 Å². The molecule has 1 aliphatic heterocycles. The molecule has 0 radical (unpaired) electrons. The molecule has 1 atom stereocenters. The van der Waals surface area contributed by atoms with Gasteiger partial charge in [-0.25, -0.2) is 8.42 Å². The average molecular weight is 291 g/mol. The predicted octanol–water partition coefficient (Wildman–Crippen LogP) is 0.744. The van der Waals surface area contributed by atoms with Crippen LogP contribution in [0.4, 0.5) is 10.8 Å². The van der Waals surface area contributed by atoms with E-state index in [1.165, 1.54) is 0 Å². The molecule has 6 nitrogen and oxygen atoms in total. The number of nitrogen functional groups attached to an aromatic ring is 1. The van der Waals surface area contributed by atoms with Crippen molar-refractivity contribution in [3.8, 4) is 0 Å². The van der Waals surface area contributed by atoms with Gasteiger partial charge in [0.15, 0.2) is 15.7 Å². The summed E-state index contributed by atoms with van der Waals surface area (Å²) in [5, 5.41) is 0.644. The van der Waals surface area contributed by atoms with E-state index in [1.54, 1.807) is 6.92 Å². The minimum Gasteiger partial charge on any atom is -0.382 e. The second-order valence-electron chi connectivity index (χ2n) is 4.22. The van der Waals surface area contributed by atoms with Gasteiger partial charge in [-0.2, -0.15) is 4.37 Å². The van der Waals surface area contributed by atoms with Crippen molar-refractivity contribution in [2.75, 3.05) is 36.1 Å². The van der Waals surface area contributed by atoms with Gasteiger partial charge in [0.2, 0.25) is 0 Å². The Balaban J connectivity index is 2.46. The summed E-state index contributed by atoms with van der Waals surface area (Å²) in [5.74, 6) is 0.136. The van der Waals surface area contributed by atoms with Crippen molar-refractivity contribution in [2.45, 2.75) is 24.8 Å². The fourth-order valence-corrected chi connectivity index (χ4v) is 4.36. The van der Waals surface area contributed by atoms with E-state index >= 15 is 0 Å². The number of nitrogens with two attached hydrogens (primary N) is 1. The molecule has 1 aromatic heterocycles. The van der Waals surface area contributed by atoms with E-state index < -0.39 is 9.84 Å². The molecule has 1 aliphatic rings. The molecule has 0 bridgehead atoms. The number of hydrogen-bond donors (Lipinski definition) is 1. The number of aromatic nitrogens is 1. The van der Waals surface area contributed by atoms with Gasteiger partial charge in [0.25, 0.3) is 0 Å². The predicted molar refractivity (Wildman–Crippen MR) is 71.9 cm³/mol. The quantitative estimate of drug-likeness (QED) is 0.884. The molecule has 18 heavy (non-hydrogen) atoms. The lowest BCUT2D eigenvalue weighted by Crippen LogP contribution is -2.43. The van der Waals surface area contributed by atoms with Crippen molar-refractivity contribution in [3.63, 3.8) is 0 Å². The van der Waals surface area contributed by atoms with E-state index in [2.05, 4.69) is 4.37 Å². The highest BCUT2D eigenvalue weighted by molar-refractivity contribution is 7.91. The van der Waals surface area contributed by atoms with Crippen molar-refractivity contribution in [2.24, 2.45) is 0 Å². The summed E-state index contributed by atoms with van der Waals surface area (Å²) in [6.45, 7) is 5.45. The van der Waals surface area contributed by atoms with Gasteiger partial charge in [-0.3, -0.25) is 0 Å². The highest BCUT2D eigenvalue weighted by atomic mass is 32.2. The average Bonchev–Trinajstić information content (AvgIpc) is 2.72. The van der Waals surface area contributed by atoms with Crippen molar-refractivity contribution in [3.05, 3.63) is 0 Å². The molecule has 0 aliphatic carbocycles. The van der Waals surface area contributed by atoms with Crippen LogP contribution in [0.3, 0.4) is 0 Å². The Morgan fingerprint density at radius 3 is 2.94 bits per heavy atom. The van der Waals surface area contributed by atoms with Gasteiger partial charge in [-0.05, 0) is 18.5 Å². The number of nitrogens with zero attached hydrogens (tertiary/aromatic N) is 2. The third-order valence-corrected chi connectivity index (χ3v) is 5.79. The van der Waals surface area contributed by atoms with Crippen LogP contribution < -0.4 is 10.6 Å². The lowest BCUT2D eigenvalue weighted by atomic mass is 10.2. The molecule has 0 spiro atoms. The van der Waals surface area contributed by atoms with Gasteiger partial charge in [0, 0.05) is 6.54 Å². The highest BCUT2D eigenvalue weighted by Crippen LogP contribution is 2.36. The molecule has 1 saturated heterocycles. The minimum atomic E-state index is -3.35. The monoisotopic (exact) mass is 291 g/mol. The molecule has 2 heterocycles. The maximum absolute atomic E-state index is 12.1. The molecule has 1 unspecified atom stereocenters. The summed E-state index contributed by atoms with van der Waals surface area (Å²) in [6, 6.07) is 0.129. The number of hydrogen-bond acceptors (Lipinski definition) is 7. The Bertz CT molecular complexity index is 526. The second kappa shape index (κ2) is 5.02. The minimum absolute atomic E-state index is 0.0291. The van der Waals surface area contributed by atoms with Gasteiger partial charge in [0.1, 0.15) is 9.90 Å². The summed E-state index contributed by atoms with van der Waals surface area (Å²) in [4.78, 5) is 2.20. The fraction of sp³-hybridized carbons (Fsp3) is 0.700. The smallest absolute Gasteiger partial charge is 0.184 e. The van der Waals surface area contributed by atoms with Crippen LogP contribution in [0.2, 0.25) is 0 Å². The van der Waals surface area contributed by atoms with Crippen LogP contribution in [0.15, 0.2) is 4.90 Å². The first-order valence-corrected chi connectivity index (χ1v) is 8.22. The Hall–Kier alpha value is -0.860. The van der Waals surface area contributed by atoms with Gasteiger partial charge in [0.05, 0.1) is 25.0 Å². The van der Waals surface area contributed by atoms with Crippen molar-refractivity contribution < 1.29 is 13.2 Å². The number of ether oxygens (including phenoxy) is 1. The molecule has 2 N–H and O–H groups in total. The van der Waals surface area contributed by atoms with Crippen LogP contribution in [-0.4, -0.2) is 44.3 Å². The lowest BCUT2D eigenvalue weighted by Gasteiger charge is -2.34. The van der Waals surface area contributed by atoms with E-state index in [-0.39, 0.29) is 22.5 Å². The van der Waals surface area contributed by atoms with Crippen LogP contribution in [0.25, 0.3) is 0 Å². The van der Waals surface area contributed by atoms with Crippen LogP contribution >= 0.6 is 11.5 Å². The Kier molecular flexibility index (Phi) is 3.79. The first kappa shape index (κ1) is 13.6. The zero-order valence-corrected chi connectivity index (χ0v) is 12.1. The zero-order chi connectivity index (χ0) is 13.3. The maximum Gasteiger partial charge on any atom is 0.184 e. The van der Waals surface area contributed by atoms with Crippen molar-refractivity contribution in [1.29, 1.82) is 0 Å². The molecule has 2 rings (SSSR count). The van der Waals surface area contributed by atoms with Crippen molar-refractivity contribution >= 4 is 32.2 Å². The Morgan fingerprint density at radius 1 is 1.61 bits per heavy atom. The number of sulfone groups is 1. The van der Waals surface area contributed by atoms with Crippen LogP contribution in [0.5, 0.6) is 0 Å². The SMILES string of the molecule is CCS(=O)(=O)c1c(N)nsc1N1CCOCC1C. The van der Waals surface area contributed by atoms with Crippen LogP contribution in [0.1, 0.15) is 13.8 Å². The summed E-state index contributed by atoms with van der Waals surface area (Å²) in [5.41, 5.74) is 5.72. The topological polar surface area (TPSA) is 85.5 Å². The van der Waals surface area contributed by atoms with E-state index in [0.717, 1.165) is 11.5 Å². The molecule has 1 aromatic rings. The molecule has 1 fully saturated rings. The molecule has 0 amide bonds. The lowest BCUT2D eigenvalue weighted by molar-refractivity contribution is 0.0990. The third-order valence-electron chi connectivity index (χ3n) is 2.98. The summed E-state index contributed by atoms with van der Waals surface area (Å²) < 4.78 is 33.5. The molecule has 0 aromatic carbocycles. The van der Waals surface area contributed by atoms with E-state index in [1.807, 2.05) is 11.8 Å². The van der Waals surface area contributed by atoms with Crippen LogP contribution in [0, 0.1) is 0 Å². The third kappa shape index (κ3) is 2.32. The fourth-order valence-electron chi connectivity index (χ4n) is 1.93. The number of morpholine rings is 1. The standard InChI is InChI=1S/C10H17N3O3S2/c1-3-18(14,15)8-9(11)12-17-10(8)13-4-5-16-6-7(13)2/h7H,3-6H2,1-2H3,(H2,11,12). The Labute approximate surface area is 111 Å². The molecule has 102 valence electrons. The first-order valence-electron chi connectivity index (χ1n) is 5.79. The summed E-state index contributed by atoms with van der Waals surface area (Å²) in [6.07, 6.45) is 0. The normalized spacial score (nSPS) is 21.2. The first-order chi connectivity index (χ1) is 8.47. The van der Waals surface area contributed by atoms with Gasteiger partial charge in [-0.15, -0.1) is 0 Å². The molecular formula is C10H17N3O3S2.